The zero-order chi connectivity index (χ0) is 16.1. The lowest BCUT2D eigenvalue weighted by molar-refractivity contribution is -0.143. The quantitative estimate of drug-likeness (QED) is 0.816. The third-order valence-electron chi connectivity index (χ3n) is 4.37. The molecule has 0 aromatic heterocycles. The van der Waals surface area contributed by atoms with E-state index in [4.69, 9.17) is 0 Å². The number of carbonyl (C=O) groups excluding carboxylic acids is 2. The maximum absolute atomic E-state index is 12.3. The molecule has 7 heteroatoms. The molecule has 0 bridgehead atoms. The van der Waals surface area contributed by atoms with Crippen molar-refractivity contribution in [2.75, 3.05) is 7.05 Å². The minimum Gasteiger partial charge on any atom is -0.481 e. The Morgan fingerprint density at radius 3 is 2.50 bits per heavy atom. The van der Waals surface area contributed by atoms with Gasteiger partial charge in [0, 0.05) is 25.9 Å². The molecule has 2 unspecified atom stereocenters. The third-order valence-corrected chi connectivity index (χ3v) is 4.37. The lowest BCUT2D eigenvalue weighted by Gasteiger charge is -2.28. The minimum atomic E-state index is -0.856. The first kappa shape index (κ1) is 16.5. The van der Waals surface area contributed by atoms with Crippen LogP contribution in [-0.2, 0) is 14.4 Å². The van der Waals surface area contributed by atoms with Gasteiger partial charge < -0.3 is 10.4 Å². The molecule has 122 valence electrons. The number of carbonyl (C=O) groups is 3. The zero-order valence-electron chi connectivity index (χ0n) is 12.9. The number of nitrogens with zero attached hydrogens (tertiary/aromatic N) is 2. The van der Waals surface area contributed by atoms with E-state index in [0.29, 0.717) is 25.0 Å². The zero-order valence-corrected chi connectivity index (χ0v) is 12.9. The summed E-state index contributed by atoms with van der Waals surface area (Å²) in [5.74, 6) is -1.88. The van der Waals surface area contributed by atoms with Crippen LogP contribution in [0.4, 0.5) is 0 Å². The Morgan fingerprint density at radius 1 is 1.18 bits per heavy atom. The van der Waals surface area contributed by atoms with Crippen LogP contribution in [0.1, 0.15) is 51.4 Å². The summed E-state index contributed by atoms with van der Waals surface area (Å²) in [5.41, 5.74) is 0.299. The van der Waals surface area contributed by atoms with E-state index < -0.39 is 11.9 Å². The molecule has 2 atom stereocenters. The molecular weight excluding hydrogens is 286 g/mol. The van der Waals surface area contributed by atoms with Crippen molar-refractivity contribution < 1.29 is 19.5 Å². The monoisotopic (exact) mass is 309 g/mol. The maximum Gasteiger partial charge on any atom is 0.308 e. The number of rotatable bonds is 3. The van der Waals surface area contributed by atoms with Crippen LogP contribution in [0.2, 0.25) is 0 Å². The molecule has 0 saturated heterocycles. The van der Waals surface area contributed by atoms with Crippen molar-refractivity contribution in [3.63, 3.8) is 0 Å². The second-order valence-corrected chi connectivity index (χ2v) is 5.98. The Labute approximate surface area is 129 Å². The fourth-order valence-corrected chi connectivity index (χ4v) is 3.04. The standard InChI is InChI=1S/C15H23N3O4/c1-18-13(19)9-8-12(17-18)14(20)16-11-7-5-3-2-4-6-10(11)15(21)22/h10-11H,2-9H2,1H3,(H,16,20)(H,21,22). The van der Waals surface area contributed by atoms with Crippen molar-refractivity contribution in [2.45, 2.75) is 57.4 Å². The van der Waals surface area contributed by atoms with Crippen molar-refractivity contribution in [3.05, 3.63) is 0 Å². The van der Waals surface area contributed by atoms with Gasteiger partial charge in [0.2, 0.25) is 5.91 Å². The molecule has 2 amide bonds. The minimum absolute atomic E-state index is 0.120. The van der Waals surface area contributed by atoms with Crippen molar-refractivity contribution in [1.82, 2.24) is 10.3 Å². The van der Waals surface area contributed by atoms with Crippen LogP contribution in [0.15, 0.2) is 5.10 Å². The van der Waals surface area contributed by atoms with Gasteiger partial charge >= 0.3 is 5.97 Å². The van der Waals surface area contributed by atoms with E-state index in [1.165, 1.54) is 12.1 Å². The molecule has 0 aromatic rings. The molecule has 1 saturated carbocycles. The molecule has 2 N–H and O–H groups in total. The van der Waals surface area contributed by atoms with E-state index in [1.54, 1.807) is 0 Å². The molecule has 1 aliphatic carbocycles. The Morgan fingerprint density at radius 2 is 1.86 bits per heavy atom. The lowest BCUT2D eigenvalue weighted by atomic mass is 9.86. The molecule has 0 spiro atoms. The summed E-state index contributed by atoms with van der Waals surface area (Å²) in [5, 5.41) is 17.4. The van der Waals surface area contributed by atoms with E-state index in [1.807, 2.05) is 0 Å². The number of hydrazone groups is 1. The maximum atomic E-state index is 12.3. The summed E-state index contributed by atoms with van der Waals surface area (Å²) < 4.78 is 0. The van der Waals surface area contributed by atoms with Gasteiger partial charge in [-0.15, -0.1) is 0 Å². The van der Waals surface area contributed by atoms with Crippen LogP contribution in [0.25, 0.3) is 0 Å². The fourth-order valence-electron chi connectivity index (χ4n) is 3.04. The third kappa shape index (κ3) is 4.05. The number of hydrogen-bond donors (Lipinski definition) is 2. The van der Waals surface area contributed by atoms with Crippen LogP contribution in [0, 0.1) is 5.92 Å². The Hall–Kier alpha value is -1.92. The van der Waals surface area contributed by atoms with Crippen molar-refractivity contribution in [1.29, 1.82) is 0 Å². The van der Waals surface area contributed by atoms with E-state index in [-0.39, 0.29) is 24.3 Å². The normalized spacial score (nSPS) is 26.7. The average molecular weight is 309 g/mol. The topological polar surface area (TPSA) is 99.1 Å². The first-order chi connectivity index (χ1) is 10.5. The highest BCUT2D eigenvalue weighted by Gasteiger charge is 2.31. The second-order valence-electron chi connectivity index (χ2n) is 5.98. The van der Waals surface area contributed by atoms with E-state index in [2.05, 4.69) is 10.4 Å². The number of nitrogens with one attached hydrogen (secondary N) is 1. The Bertz CT molecular complexity index is 489. The average Bonchev–Trinajstić information content (AvgIpc) is 2.44. The SMILES string of the molecule is CN1N=C(C(=O)NC2CCCCCCC2C(=O)O)CCC1=O. The van der Waals surface area contributed by atoms with E-state index >= 15 is 0 Å². The summed E-state index contributed by atoms with van der Waals surface area (Å²) in [7, 11) is 1.52. The van der Waals surface area contributed by atoms with Crippen LogP contribution >= 0.6 is 0 Å². The molecule has 1 aliphatic heterocycles. The number of aliphatic carboxylic acids is 1. The van der Waals surface area contributed by atoms with Crippen LogP contribution < -0.4 is 5.32 Å². The molecule has 7 nitrogen and oxygen atoms in total. The second kappa shape index (κ2) is 7.38. The number of amides is 2. The smallest absolute Gasteiger partial charge is 0.308 e. The van der Waals surface area contributed by atoms with Crippen molar-refractivity contribution >= 4 is 23.5 Å². The summed E-state index contributed by atoms with van der Waals surface area (Å²) in [4.78, 5) is 35.1. The Kier molecular flexibility index (Phi) is 5.51. The van der Waals surface area contributed by atoms with Crippen LogP contribution in [0.3, 0.4) is 0 Å². The first-order valence-corrected chi connectivity index (χ1v) is 7.86. The summed E-state index contributed by atoms with van der Waals surface area (Å²) >= 11 is 0. The number of carboxylic acid groups (broad SMARTS) is 1. The first-order valence-electron chi connectivity index (χ1n) is 7.86. The van der Waals surface area contributed by atoms with Gasteiger partial charge in [0.25, 0.3) is 5.91 Å². The molecule has 1 heterocycles. The largest absolute Gasteiger partial charge is 0.481 e. The highest BCUT2D eigenvalue weighted by molar-refractivity contribution is 6.39. The molecular formula is C15H23N3O4. The molecule has 2 rings (SSSR count). The van der Waals surface area contributed by atoms with Gasteiger partial charge in [-0.1, -0.05) is 25.7 Å². The number of hydrogen-bond acceptors (Lipinski definition) is 4. The molecule has 0 radical (unpaired) electrons. The predicted molar refractivity (Wildman–Crippen MR) is 80.2 cm³/mol. The predicted octanol–water partition coefficient (Wildman–Crippen LogP) is 1.13. The van der Waals surface area contributed by atoms with Gasteiger partial charge in [-0.05, 0) is 12.8 Å². The van der Waals surface area contributed by atoms with Gasteiger partial charge in [0.15, 0.2) is 0 Å². The van der Waals surface area contributed by atoms with Gasteiger partial charge in [-0.3, -0.25) is 14.4 Å². The van der Waals surface area contributed by atoms with Crippen molar-refractivity contribution in [3.8, 4) is 0 Å². The molecule has 1 fully saturated rings. The van der Waals surface area contributed by atoms with Gasteiger partial charge in [0.05, 0.1) is 5.92 Å². The summed E-state index contributed by atoms with van der Waals surface area (Å²) in [6, 6.07) is -0.365. The van der Waals surface area contributed by atoms with Crippen LogP contribution in [-0.4, -0.2) is 46.7 Å². The summed E-state index contributed by atoms with van der Waals surface area (Å²) in [6.45, 7) is 0. The highest BCUT2D eigenvalue weighted by Crippen LogP contribution is 2.23. The summed E-state index contributed by atoms with van der Waals surface area (Å²) in [6.07, 6.45) is 5.73. The van der Waals surface area contributed by atoms with E-state index in [0.717, 1.165) is 25.7 Å². The van der Waals surface area contributed by atoms with Crippen LogP contribution in [0.5, 0.6) is 0 Å². The Balaban J connectivity index is 2.05. The van der Waals surface area contributed by atoms with Gasteiger partial charge in [0.1, 0.15) is 5.71 Å². The van der Waals surface area contributed by atoms with Gasteiger partial charge in [-0.25, -0.2) is 5.01 Å². The molecule has 0 aromatic carbocycles. The van der Waals surface area contributed by atoms with E-state index in [9.17, 15) is 19.5 Å². The van der Waals surface area contributed by atoms with Crippen molar-refractivity contribution in [2.24, 2.45) is 11.0 Å². The highest BCUT2D eigenvalue weighted by atomic mass is 16.4. The van der Waals surface area contributed by atoms with Gasteiger partial charge in [-0.2, -0.15) is 5.10 Å². The lowest BCUT2D eigenvalue weighted by Crippen LogP contribution is -2.47. The molecule has 22 heavy (non-hydrogen) atoms. The molecule has 2 aliphatic rings. The fraction of sp³-hybridized carbons (Fsp3) is 0.733. The number of carboxylic acids is 1.